The number of rotatable bonds is 10. The third-order valence-corrected chi connectivity index (χ3v) is 8.65. The van der Waals surface area contributed by atoms with Gasteiger partial charge in [-0.15, -0.1) is 11.3 Å². The molecule has 0 aliphatic heterocycles. The molecule has 4 heteroatoms. The van der Waals surface area contributed by atoms with Crippen molar-refractivity contribution in [3.63, 3.8) is 0 Å². The monoisotopic (exact) mass is 667 g/mol. The van der Waals surface area contributed by atoms with Crippen molar-refractivity contribution in [2.24, 2.45) is 9.98 Å². The van der Waals surface area contributed by atoms with Gasteiger partial charge in [0.25, 0.3) is 0 Å². The molecule has 3 aromatic carbocycles. The number of hydrogen-bond donors (Lipinski definition) is 0. The molecule has 0 unspecified atom stereocenters. The second kappa shape index (κ2) is 19.0. The van der Waals surface area contributed by atoms with Crippen molar-refractivity contribution in [3.8, 4) is 0 Å². The summed E-state index contributed by atoms with van der Waals surface area (Å²) in [7, 11) is 0. The molecular weight excluding hydrogens is 627 g/mol. The first-order chi connectivity index (χ1) is 24.7. The van der Waals surface area contributed by atoms with Crippen LogP contribution in [0.15, 0.2) is 216 Å². The van der Waals surface area contributed by atoms with Crippen molar-refractivity contribution < 1.29 is 0 Å². The van der Waals surface area contributed by atoms with Crippen molar-refractivity contribution in [2.45, 2.75) is 13.8 Å². The molecule has 50 heavy (non-hydrogen) atoms. The lowest BCUT2D eigenvalue weighted by molar-refractivity contribution is 1.21. The van der Waals surface area contributed by atoms with Gasteiger partial charge in [0.05, 0.1) is 0 Å². The van der Waals surface area contributed by atoms with Gasteiger partial charge >= 0.3 is 0 Å². The Morgan fingerprint density at radius 1 is 0.660 bits per heavy atom. The maximum atomic E-state index is 5.03. The molecule has 1 heterocycles. The van der Waals surface area contributed by atoms with Gasteiger partial charge in [-0.05, 0) is 80.3 Å². The molecule has 0 radical (unpaired) electrons. The number of benzene rings is 3. The van der Waals surface area contributed by atoms with Crippen LogP contribution < -0.4 is 4.90 Å². The lowest BCUT2D eigenvalue weighted by atomic mass is 9.95. The fourth-order valence-electron chi connectivity index (χ4n) is 5.27. The molecule has 5 rings (SSSR count). The Morgan fingerprint density at radius 3 is 2.02 bits per heavy atom. The molecule has 0 spiro atoms. The lowest BCUT2D eigenvalue weighted by Gasteiger charge is -2.26. The quantitative estimate of drug-likeness (QED) is 0.0940. The van der Waals surface area contributed by atoms with Gasteiger partial charge in [0.1, 0.15) is 5.00 Å². The third-order valence-electron chi connectivity index (χ3n) is 7.58. The first kappa shape index (κ1) is 35.2. The third kappa shape index (κ3) is 9.50. The van der Waals surface area contributed by atoms with Crippen molar-refractivity contribution in [1.82, 2.24) is 0 Å². The number of para-hydroxylation sites is 1. The van der Waals surface area contributed by atoms with Gasteiger partial charge in [0, 0.05) is 32.7 Å². The molecule has 3 nitrogen and oxygen atoms in total. The average molecular weight is 668 g/mol. The zero-order chi connectivity index (χ0) is 34.8. The smallest absolute Gasteiger partial charge is 0.152 e. The number of thiophene rings is 1. The van der Waals surface area contributed by atoms with Crippen LogP contribution >= 0.6 is 11.3 Å². The molecule has 4 aromatic rings. The molecule has 1 aliphatic carbocycles. The number of nitrogens with zero attached hydrogens (tertiary/aromatic N) is 3. The second-order valence-electron chi connectivity index (χ2n) is 11.0. The van der Waals surface area contributed by atoms with E-state index < -0.39 is 0 Å². The normalized spacial score (nSPS) is 18.6. The highest BCUT2D eigenvalue weighted by Gasteiger charge is 2.19. The number of anilines is 2. The summed E-state index contributed by atoms with van der Waals surface area (Å²) in [6.07, 6.45) is 40.6. The second-order valence-corrected chi connectivity index (χ2v) is 12.0. The van der Waals surface area contributed by atoms with Crippen molar-refractivity contribution in [1.29, 1.82) is 0 Å². The Bertz CT molecular complexity index is 2120. The van der Waals surface area contributed by atoms with E-state index in [1.54, 1.807) is 11.3 Å². The van der Waals surface area contributed by atoms with Crippen LogP contribution in [-0.4, -0.2) is 12.6 Å². The number of allylic oxidation sites excluding steroid dienone is 19. The zero-order valence-corrected chi connectivity index (χ0v) is 29.3. The summed E-state index contributed by atoms with van der Waals surface area (Å²) < 4.78 is 1.16. The van der Waals surface area contributed by atoms with Crippen LogP contribution in [0.2, 0.25) is 0 Å². The summed E-state index contributed by atoms with van der Waals surface area (Å²) >= 11 is 1.66. The SMILES string of the molecule is C=NC(/C=C/C=C\C=C/C)=N\c1sc2ccccc2c1/C(=C\C=C\C)c1ccc(N(C2=C/C=C/C=C/C=C\C=C/C=C\2)c2ccccc2)cc1. The topological polar surface area (TPSA) is 28.0 Å². The van der Waals surface area contributed by atoms with Gasteiger partial charge in [-0.1, -0.05) is 152 Å². The van der Waals surface area contributed by atoms with Crippen LogP contribution in [0, 0.1) is 0 Å². The maximum Gasteiger partial charge on any atom is 0.152 e. The van der Waals surface area contributed by atoms with Crippen molar-refractivity contribution >= 4 is 55.9 Å². The van der Waals surface area contributed by atoms with E-state index in [1.165, 1.54) is 0 Å². The molecule has 0 saturated heterocycles. The first-order valence-corrected chi connectivity index (χ1v) is 17.4. The fourth-order valence-corrected chi connectivity index (χ4v) is 6.37. The van der Waals surface area contributed by atoms with E-state index in [0.717, 1.165) is 48.9 Å². The Morgan fingerprint density at radius 2 is 1.30 bits per heavy atom. The Balaban J connectivity index is 1.62. The Labute approximate surface area is 300 Å². The van der Waals surface area contributed by atoms with Crippen LogP contribution in [0.1, 0.15) is 25.0 Å². The molecule has 0 atom stereocenters. The van der Waals surface area contributed by atoms with Crippen LogP contribution in [0.4, 0.5) is 16.4 Å². The molecule has 1 aliphatic rings. The lowest BCUT2D eigenvalue weighted by Crippen LogP contribution is -2.15. The van der Waals surface area contributed by atoms with E-state index in [4.69, 9.17) is 4.99 Å². The maximum absolute atomic E-state index is 5.03. The van der Waals surface area contributed by atoms with E-state index >= 15 is 0 Å². The average Bonchev–Trinajstić information content (AvgIpc) is 3.50. The van der Waals surface area contributed by atoms with Gasteiger partial charge in [-0.25, -0.2) is 9.98 Å². The molecule has 1 aromatic heterocycles. The van der Waals surface area contributed by atoms with E-state index in [-0.39, 0.29) is 0 Å². The molecule has 246 valence electrons. The zero-order valence-electron chi connectivity index (χ0n) is 28.5. The van der Waals surface area contributed by atoms with Crippen LogP contribution in [-0.2, 0) is 0 Å². The minimum Gasteiger partial charge on any atom is -0.311 e. The molecule has 0 bridgehead atoms. The summed E-state index contributed by atoms with van der Waals surface area (Å²) in [6, 6.07) is 27.7. The predicted molar refractivity (Wildman–Crippen MR) is 222 cm³/mol. The van der Waals surface area contributed by atoms with E-state index in [1.807, 2.05) is 98.9 Å². The fraction of sp³-hybridized carbons (Fsp3) is 0.0435. The van der Waals surface area contributed by atoms with E-state index in [2.05, 4.69) is 132 Å². The van der Waals surface area contributed by atoms with Crippen LogP contribution in [0.25, 0.3) is 15.7 Å². The van der Waals surface area contributed by atoms with Crippen molar-refractivity contribution in [3.05, 3.63) is 217 Å². The summed E-state index contributed by atoms with van der Waals surface area (Å²) in [5.41, 5.74) is 6.38. The molecule has 0 N–H and O–H groups in total. The van der Waals surface area contributed by atoms with E-state index in [9.17, 15) is 0 Å². The summed E-state index contributed by atoms with van der Waals surface area (Å²) in [5, 5.41) is 2.03. The highest BCUT2D eigenvalue weighted by atomic mass is 32.1. The van der Waals surface area contributed by atoms with Gasteiger partial charge in [0.15, 0.2) is 5.84 Å². The standard InChI is InChI=1S/C46H41N3S/c1-4-6-8-14-22-32-44(47-3)48-46-45(42-30-23-24-31-43(42)50-46)41(29-7-5-2)37-33-35-40(36-34-37)49(39-27-20-17-21-28-39)38-25-18-15-12-10-9-11-13-16-19-26-38/h4-36H,3H2,1-2H3/b6-4-,7-5+,10-9-,11-9?,12-10?,13-11+,14-8-,15-12-,16-13?,18-15?,19-16+,25-18-,26-19?,32-22+,38-25?,38-26+,41-29-,48-44-. The summed E-state index contributed by atoms with van der Waals surface area (Å²) in [5.74, 6) is 0.552. The summed E-state index contributed by atoms with van der Waals surface area (Å²) in [4.78, 5) is 11.6. The highest BCUT2D eigenvalue weighted by molar-refractivity contribution is 7.23. The van der Waals surface area contributed by atoms with E-state index in [0.29, 0.717) is 5.84 Å². The van der Waals surface area contributed by atoms with Gasteiger partial charge < -0.3 is 4.90 Å². The molecule has 0 saturated carbocycles. The number of amidine groups is 1. The van der Waals surface area contributed by atoms with Gasteiger partial charge in [0.2, 0.25) is 0 Å². The number of fused-ring (bicyclic) bond motifs is 1. The first-order valence-electron chi connectivity index (χ1n) is 16.6. The Kier molecular flexibility index (Phi) is 13.4. The van der Waals surface area contributed by atoms with Crippen LogP contribution in [0.5, 0.6) is 0 Å². The predicted octanol–water partition coefficient (Wildman–Crippen LogP) is 13.1. The highest BCUT2D eigenvalue weighted by Crippen LogP contribution is 2.44. The molecule has 0 amide bonds. The number of aliphatic imine (C=N–C) groups is 2. The van der Waals surface area contributed by atoms with Crippen molar-refractivity contribution in [2.75, 3.05) is 4.90 Å². The van der Waals surface area contributed by atoms with Gasteiger partial charge in [-0.3, -0.25) is 0 Å². The van der Waals surface area contributed by atoms with Gasteiger partial charge in [-0.2, -0.15) is 0 Å². The minimum atomic E-state index is 0.552. The molecular formula is C46H41N3S. The Hall–Kier alpha value is -6.10. The van der Waals surface area contributed by atoms with Crippen LogP contribution in [0.3, 0.4) is 0 Å². The largest absolute Gasteiger partial charge is 0.311 e. The summed E-state index contributed by atoms with van der Waals surface area (Å²) in [6.45, 7) is 7.83. The molecule has 0 fully saturated rings. The number of hydrogen-bond acceptors (Lipinski definition) is 3. The minimum absolute atomic E-state index is 0.552.